The summed E-state index contributed by atoms with van der Waals surface area (Å²) in [5, 5.41) is 3.61. The van der Waals surface area contributed by atoms with Crippen molar-refractivity contribution in [3.63, 3.8) is 0 Å². The molecule has 2 atom stereocenters. The van der Waals surface area contributed by atoms with Gasteiger partial charge < -0.3 is 9.64 Å². The lowest BCUT2D eigenvalue weighted by atomic mass is 9.96. The molecule has 1 amide bonds. The topological polar surface area (TPSA) is 54.5 Å². The standard InChI is InChI=1S/C19H29N3O2/c1-13(2)17(18-14(3)5-4-9-20-18)21-16-6-10-22(19(16)23)15-7-11-24-12-8-15/h4-5,9,13,15-17,21H,6-8,10-12H2,1-3H3/t16-,17-/m1/s1. The number of hydrogen-bond donors (Lipinski definition) is 1. The molecule has 5 heteroatoms. The van der Waals surface area contributed by atoms with E-state index in [1.807, 2.05) is 12.3 Å². The Labute approximate surface area is 144 Å². The normalized spacial score (nSPS) is 23.9. The summed E-state index contributed by atoms with van der Waals surface area (Å²) in [6.07, 6.45) is 4.65. The van der Waals surface area contributed by atoms with E-state index in [-0.39, 0.29) is 18.0 Å². The number of carbonyl (C=O) groups is 1. The molecule has 1 aromatic heterocycles. The van der Waals surface area contributed by atoms with Gasteiger partial charge in [-0.15, -0.1) is 0 Å². The minimum atomic E-state index is -0.0957. The summed E-state index contributed by atoms with van der Waals surface area (Å²) in [5.41, 5.74) is 2.24. The van der Waals surface area contributed by atoms with E-state index in [0.29, 0.717) is 12.0 Å². The van der Waals surface area contributed by atoms with Crippen molar-refractivity contribution in [1.82, 2.24) is 15.2 Å². The van der Waals surface area contributed by atoms with Crippen LogP contribution in [0.5, 0.6) is 0 Å². The van der Waals surface area contributed by atoms with Gasteiger partial charge in [0.2, 0.25) is 5.91 Å². The van der Waals surface area contributed by atoms with E-state index < -0.39 is 0 Å². The van der Waals surface area contributed by atoms with Gasteiger partial charge in [0.1, 0.15) is 0 Å². The first-order chi connectivity index (χ1) is 11.6. The molecule has 2 aliphatic rings. The third-order valence-electron chi connectivity index (χ3n) is 5.26. The fourth-order valence-electron chi connectivity index (χ4n) is 3.84. The SMILES string of the molecule is Cc1cccnc1[C@H](N[C@@H]1CCN(C2CCOCC2)C1=O)C(C)C. The van der Waals surface area contributed by atoms with Gasteiger partial charge in [-0.2, -0.15) is 0 Å². The van der Waals surface area contributed by atoms with Crippen LogP contribution >= 0.6 is 0 Å². The predicted molar refractivity (Wildman–Crippen MR) is 93.6 cm³/mol. The van der Waals surface area contributed by atoms with Crippen LogP contribution in [0, 0.1) is 12.8 Å². The van der Waals surface area contributed by atoms with E-state index in [1.54, 1.807) is 0 Å². The first-order valence-electron chi connectivity index (χ1n) is 9.13. The molecule has 2 aliphatic heterocycles. The average molecular weight is 331 g/mol. The molecule has 3 heterocycles. The molecule has 3 rings (SSSR count). The van der Waals surface area contributed by atoms with Crippen LogP contribution in [0.15, 0.2) is 18.3 Å². The van der Waals surface area contributed by atoms with Gasteiger partial charge in [-0.1, -0.05) is 19.9 Å². The van der Waals surface area contributed by atoms with Crippen molar-refractivity contribution in [3.8, 4) is 0 Å². The highest BCUT2D eigenvalue weighted by Gasteiger charge is 2.38. The van der Waals surface area contributed by atoms with Crippen LogP contribution in [0.4, 0.5) is 0 Å². The van der Waals surface area contributed by atoms with Gasteiger partial charge in [0.25, 0.3) is 0 Å². The maximum absolute atomic E-state index is 12.9. The van der Waals surface area contributed by atoms with E-state index >= 15 is 0 Å². The maximum Gasteiger partial charge on any atom is 0.240 e. The Balaban J connectivity index is 1.70. The molecule has 0 aromatic carbocycles. The Morgan fingerprint density at radius 1 is 1.29 bits per heavy atom. The van der Waals surface area contributed by atoms with Crippen molar-refractivity contribution in [2.24, 2.45) is 5.92 Å². The minimum Gasteiger partial charge on any atom is -0.381 e. The second kappa shape index (κ2) is 7.62. The molecule has 0 radical (unpaired) electrons. The van der Waals surface area contributed by atoms with E-state index in [4.69, 9.17) is 4.74 Å². The zero-order valence-electron chi connectivity index (χ0n) is 15.0. The van der Waals surface area contributed by atoms with Crippen LogP contribution in [0.25, 0.3) is 0 Å². The smallest absolute Gasteiger partial charge is 0.240 e. The Hall–Kier alpha value is -1.46. The van der Waals surface area contributed by atoms with Gasteiger partial charge >= 0.3 is 0 Å². The molecule has 0 bridgehead atoms. The summed E-state index contributed by atoms with van der Waals surface area (Å²) >= 11 is 0. The molecule has 2 fully saturated rings. The van der Waals surface area contributed by atoms with Crippen molar-refractivity contribution in [3.05, 3.63) is 29.6 Å². The van der Waals surface area contributed by atoms with Gasteiger partial charge in [-0.25, -0.2) is 0 Å². The van der Waals surface area contributed by atoms with Crippen LogP contribution < -0.4 is 5.32 Å². The second-order valence-electron chi connectivity index (χ2n) is 7.31. The third-order valence-corrected chi connectivity index (χ3v) is 5.26. The van der Waals surface area contributed by atoms with E-state index in [1.165, 1.54) is 5.56 Å². The summed E-state index contributed by atoms with van der Waals surface area (Å²) in [7, 11) is 0. The van der Waals surface area contributed by atoms with Gasteiger partial charge in [0, 0.05) is 32.0 Å². The number of rotatable bonds is 5. The van der Waals surface area contributed by atoms with Gasteiger partial charge in [-0.05, 0) is 43.7 Å². The number of ether oxygens (including phenoxy) is 1. The van der Waals surface area contributed by atoms with E-state index in [0.717, 1.165) is 44.7 Å². The number of aryl methyl sites for hydroxylation is 1. The fraction of sp³-hybridized carbons (Fsp3) is 0.684. The number of nitrogens with zero attached hydrogens (tertiary/aromatic N) is 2. The number of carbonyl (C=O) groups excluding carboxylic acids is 1. The van der Waals surface area contributed by atoms with Crippen molar-refractivity contribution >= 4 is 5.91 Å². The largest absolute Gasteiger partial charge is 0.381 e. The first-order valence-corrected chi connectivity index (χ1v) is 9.13. The van der Waals surface area contributed by atoms with Crippen LogP contribution in [-0.2, 0) is 9.53 Å². The Bertz CT molecular complexity index is 569. The van der Waals surface area contributed by atoms with E-state index in [2.05, 4.69) is 42.0 Å². The molecule has 0 unspecified atom stereocenters. The molecule has 2 saturated heterocycles. The highest BCUT2D eigenvalue weighted by Crippen LogP contribution is 2.27. The second-order valence-corrected chi connectivity index (χ2v) is 7.31. The van der Waals surface area contributed by atoms with Crippen LogP contribution in [0.2, 0.25) is 0 Å². The Morgan fingerprint density at radius 3 is 2.71 bits per heavy atom. The summed E-state index contributed by atoms with van der Waals surface area (Å²) in [4.78, 5) is 19.5. The summed E-state index contributed by atoms with van der Waals surface area (Å²) in [5.74, 6) is 0.629. The molecule has 1 aromatic rings. The number of nitrogens with one attached hydrogen (secondary N) is 1. The molecule has 1 N–H and O–H groups in total. The highest BCUT2D eigenvalue weighted by atomic mass is 16.5. The summed E-state index contributed by atoms with van der Waals surface area (Å²) < 4.78 is 5.43. The van der Waals surface area contributed by atoms with Crippen LogP contribution in [0.1, 0.15) is 50.4 Å². The lowest BCUT2D eigenvalue weighted by Gasteiger charge is -2.32. The maximum atomic E-state index is 12.9. The van der Waals surface area contributed by atoms with E-state index in [9.17, 15) is 4.79 Å². The molecule has 132 valence electrons. The zero-order chi connectivity index (χ0) is 17.1. The van der Waals surface area contributed by atoms with Crippen molar-refractivity contribution in [2.75, 3.05) is 19.8 Å². The van der Waals surface area contributed by atoms with Gasteiger partial charge in [0.15, 0.2) is 0 Å². The van der Waals surface area contributed by atoms with Crippen molar-refractivity contribution in [1.29, 1.82) is 0 Å². The monoisotopic (exact) mass is 331 g/mol. The molecule has 5 nitrogen and oxygen atoms in total. The number of amides is 1. The zero-order valence-corrected chi connectivity index (χ0v) is 15.0. The number of likely N-dealkylation sites (tertiary alicyclic amines) is 1. The van der Waals surface area contributed by atoms with Gasteiger partial charge in [-0.3, -0.25) is 15.1 Å². The van der Waals surface area contributed by atoms with Crippen molar-refractivity contribution in [2.45, 2.75) is 58.2 Å². The molecular formula is C19H29N3O2. The quantitative estimate of drug-likeness (QED) is 0.900. The Morgan fingerprint density at radius 2 is 2.04 bits per heavy atom. The third kappa shape index (κ3) is 3.62. The number of aromatic nitrogens is 1. The first kappa shape index (κ1) is 17.4. The van der Waals surface area contributed by atoms with Gasteiger partial charge in [0.05, 0.1) is 17.8 Å². The number of pyridine rings is 1. The number of hydrogen-bond acceptors (Lipinski definition) is 4. The molecular weight excluding hydrogens is 302 g/mol. The fourth-order valence-corrected chi connectivity index (χ4v) is 3.84. The Kier molecular flexibility index (Phi) is 5.51. The van der Waals surface area contributed by atoms with Crippen molar-refractivity contribution < 1.29 is 9.53 Å². The summed E-state index contributed by atoms with van der Waals surface area (Å²) in [6, 6.07) is 4.41. The molecule has 0 saturated carbocycles. The minimum absolute atomic E-state index is 0.0957. The summed E-state index contributed by atoms with van der Waals surface area (Å²) in [6.45, 7) is 8.85. The average Bonchev–Trinajstić information content (AvgIpc) is 2.95. The lowest BCUT2D eigenvalue weighted by Crippen LogP contribution is -2.46. The van der Waals surface area contributed by atoms with Crippen LogP contribution in [-0.4, -0.2) is 47.6 Å². The predicted octanol–water partition coefficient (Wildman–Crippen LogP) is 2.46. The highest BCUT2D eigenvalue weighted by molar-refractivity contribution is 5.84. The molecule has 0 aliphatic carbocycles. The molecule has 24 heavy (non-hydrogen) atoms. The van der Waals surface area contributed by atoms with Crippen LogP contribution in [0.3, 0.4) is 0 Å². The lowest BCUT2D eigenvalue weighted by molar-refractivity contribution is -0.133. The molecule has 0 spiro atoms.